The zero-order chi connectivity index (χ0) is 17.4. The Morgan fingerprint density at radius 1 is 1.35 bits per heavy atom. The predicted octanol–water partition coefficient (Wildman–Crippen LogP) is 1.18. The summed E-state index contributed by atoms with van der Waals surface area (Å²) in [5.74, 6) is -2.14. The first-order chi connectivity index (χ1) is 11.0. The molecule has 0 spiro atoms. The summed E-state index contributed by atoms with van der Waals surface area (Å²) in [5, 5.41) is 20.6. The molecule has 1 atom stereocenters. The van der Waals surface area contributed by atoms with Gasteiger partial charge in [-0.3, -0.25) is 9.59 Å². The molecule has 2 N–H and O–H groups in total. The Morgan fingerprint density at radius 2 is 1.96 bits per heavy atom. The highest BCUT2D eigenvalue weighted by atomic mass is 32.2. The molecule has 0 fully saturated rings. The number of amides is 2. The van der Waals surface area contributed by atoms with Crippen LogP contribution >= 0.6 is 11.8 Å². The van der Waals surface area contributed by atoms with Gasteiger partial charge in [-0.2, -0.15) is 17.0 Å². The van der Waals surface area contributed by atoms with E-state index in [9.17, 15) is 14.4 Å². The normalized spacial score (nSPS) is 11.2. The molecule has 0 saturated carbocycles. The number of carbonyl (C=O) groups is 3. The second-order valence-electron chi connectivity index (χ2n) is 4.51. The average Bonchev–Trinajstić information content (AvgIpc) is 2.55. The smallest absolute Gasteiger partial charge is 0.336 e. The van der Waals surface area contributed by atoms with Gasteiger partial charge in [-0.05, 0) is 25.3 Å². The molecule has 0 aromatic heterocycles. The van der Waals surface area contributed by atoms with Crippen molar-refractivity contribution in [3.05, 3.63) is 35.4 Å². The van der Waals surface area contributed by atoms with Crippen LogP contribution in [0, 0.1) is 11.5 Å². The number of carboxylic acid groups (broad SMARTS) is 1. The molecule has 1 rings (SSSR count). The highest BCUT2D eigenvalue weighted by Crippen LogP contribution is 2.10. The number of benzene rings is 1. The molecule has 0 radical (unpaired) electrons. The molecule has 0 aliphatic heterocycles. The molecule has 23 heavy (non-hydrogen) atoms. The third-order valence-electron chi connectivity index (χ3n) is 3.04. The van der Waals surface area contributed by atoms with Gasteiger partial charge < -0.3 is 10.4 Å². The lowest BCUT2D eigenvalue weighted by Gasteiger charge is -2.21. The van der Waals surface area contributed by atoms with Crippen molar-refractivity contribution in [3.8, 4) is 6.19 Å². The third kappa shape index (κ3) is 4.72. The molecule has 0 aliphatic rings. The number of thioether (sulfide) groups is 1. The summed E-state index contributed by atoms with van der Waals surface area (Å²) < 4.78 is 0. The Bertz CT molecular complexity index is 642. The van der Waals surface area contributed by atoms with Crippen molar-refractivity contribution in [1.82, 2.24) is 10.2 Å². The zero-order valence-electron chi connectivity index (χ0n) is 12.8. The van der Waals surface area contributed by atoms with E-state index in [2.05, 4.69) is 5.32 Å². The standard InChI is InChI=1S/C15H17N3O4S/c1-3-18(9-16)14(20)12(8-23-2)17-13(19)10-6-4-5-7-11(10)15(21)22/h4-7,12H,3,8H2,1-2H3,(H,17,19)(H,21,22). The summed E-state index contributed by atoms with van der Waals surface area (Å²) in [6.07, 6.45) is 3.53. The molecule has 0 saturated heterocycles. The highest BCUT2D eigenvalue weighted by Gasteiger charge is 2.26. The van der Waals surface area contributed by atoms with Gasteiger partial charge in [0.2, 0.25) is 0 Å². The van der Waals surface area contributed by atoms with E-state index in [1.165, 1.54) is 30.0 Å². The lowest BCUT2D eigenvalue weighted by molar-refractivity contribution is -0.129. The van der Waals surface area contributed by atoms with Gasteiger partial charge >= 0.3 is 5.97 Å². The van der Waals surface area contributed by atoms with Gasteiger partial charge in [-0.1, -0.05) is 12.1 Å². The minimum atomic E-state index is -1.23. The molecule has 2 amide bonds. The molecule has 7 nitrogen and oxygen atoms in total. The van der Waals surface area contributed by atoms with Crippen molar-refractivity contribution in [1.29, 1.82) is 5.26 Å². The average molecular weight is 335 g/mol. The summed E-state index contributed by atoms with van der Waals surface area (Å²) >= 11 is 1.34. The summed E-state index contributed by atoms with van der Waals surface area (Å²) in [6, 6.07) is 4.84. The number of aromatic carboxylic acids is 1. The molecular weight excluding hydrogens is 318 g/mol. The van der Waals surface area contributed by atoms with Crippen LogP contribution in [0.1, 0.15) is 27.6 Å². The SMILES string of the molecule is CCN(C#N)C(=O)C(CSC)NC(=O)c1ccccc1C(=O)O. The van der Waals surface area contributed by atoms with Crippen LogP contribution in [0.25, 0.3) is 0 Å². The van der Waals surface area contributed by atoms with E-state index < -0.39 is 23.8 Å². The summed E-state index contributed by atoms with van der Waals surface area (Å²) in [4.78, 5) is 36.7. The number of rotatable bonds is 7. The van der Waals surface area contributed by atoms with Crippen LogP contribution < -0.4 is 5.32 Å². The van der Waals surface area contributed by atoms with Crippen molar-refractivity contribution < 1.29 is 19.5 Å². The Labute approximate surface area is 138 Å². The van der Waals surface area contributed by atoms with Crippen molar-refractivity contribution >= 4 is 29.5 Å². The topological polar surface area (TPSA) is 111 Å². The zero-order valence-corrected chi connectivity index (χ0v) is 13.6. The van der Waals surface area contributed by atoms with E-state index in [-0.39, 0.29) is 23.4 Å². The first-order valence-corrected chi connectivity index (χ1v) is 8.18. The number of nitriles is 1. The second-order valence-corrected chi connectivity index (χ2v) is 5.43. The minimum Gasteiger partial charge on any atom is -0.478 e. The summed E-state index contributed by atoms with van der Waals surface area (Å²) in [7, 11) is 0. The number of nitrogens with one attached hydrogen (secondary N) is 1. The molecule has 1 aromatic rings. The van der Waals surface area contributed by atoms with Crippen molar-refractivity contribution in [2.24, 2.45) is 0 Å². The Kier molecular flexibility index (Phi) is 7.09. The maximum atomic E-state index is 12.3. The van der Waals surface area contributed by atoms with E-state index in [0.29, 0.717) is 0 Å². The monoisotopic (exact) mass is 335 g/mol. The first-order valence-electron chi connectivity index (χ1n) is 6.79. The van der Waals surface area contributed by atoms with E-state index in [0.717, 1.165) is 4.90 Å². The first kappa shape index (κ1) is 18.5. The van der Waals surface area contributed by atoms with Crippen LogP contribution in [0.5, 0.6) is 0 Å². The maximum absolute atomic E-state index is 12.3. The lowest BCUT2D eigenvalue weighted by atomic mass is 10.1. The Hall–Kier alpha value is -2.53. The van der Waals surface area contributed by atoms with E-state index in [4.69, 9.17) is 10.4 Å². The third-order valence-corrected chi connectivity index (χ3v) is 3.71. The fourth-order valence-corrected chi connectivity index (χ4v) is 2.47. The van der Waals surface area contributed by atoms with Gasteiger partial charge in [0.1, 0.15) is 6.04 Å². The number of likely N-dealkylation sites (N-methyl/N-ethyl adjacent to an activating group) is 1. The molecule has 0 heterocycles. The van der Waals surface area contributed by atoms with Gasteiger partial charge in [-0.25, -0.2) is 9.69 Å². The maximum Gasteiger partial charge on any atom is 0.336 e. The van der Waals surface area contributed by atoms with E-state index >= 15 is 0 Å². The van der Waals surface area contributed by atoms with E-state index in [1.807, 2.05) is 0 Å². The molecular formula is C15H17N3O4S. The number of hydrogen-bond donors (Lipinski definition) is 2. The van der Waals surface area contributed by atoms with E-state index in [1.54, 1.807) is 25.4 Å². The minimum absolute atomic E-state index is 0.0288. The fourth-order valence-electron chi connectivity index (χ4n) is 1.91. The summed E-state index contributed by atoms with van der Waals surface area (Å²) in [5.41, 5.74) is -0.174. The van der Waals surface area contributed by atoms with Crippen molar-refractivity contribution in [3.63, 3.8) is 0 Å². The second kappa shape index (κ2) is 8.80. The molecule has 1 aromatic carbocycles. The Morgan fingerprint density at radius 3 is 2.43 bits per heavy atom. The van der Waals surface area contributed by atoms with Crippen LogP contribution in [-0.2, 0) is 4.79 Å². The molecule has 1 unspecified atom stereocenters. The van der Waals surface area contributed by atoms with Crippen LogP contribution in [0.2, 0.25) is 0 Å². The molecule has 122 valence electrons. The van der Waals surface area contributed by atoms with Gasteiger partial charge in [0.05, 0.1) is 11.1 Å². The number of nitrogens with zero attached hydrogens (tertiary/aromatic N) is 2. The van der Waals surface area contributed by atoms with Gasteiger partial charge in [0.25, 0.3) is 11.8 Å². The van der Waals surface area contributed by atoms with Crippen LogP contribution in [0.4, 0.5) is 0 Å². The van der Waals surface area contributed by atoms with Crippen LogP contribution in [-0.4, -0.2) is 52.4 Å². The number of hydrogen-bond acceptors (Lipinski definition) is 5. The Balaban J connectivity index is 3.02. The lowest BCUT2D eigenvalue weighted by Crippen LogP contribution is -2.48. The quantitative estimate of drug-likeness (QED) is 0.572. The van der Waals surface area contributed by atoms with Gasteiger partial charge in [-0.15, -0.1) is 0 Å². The summed E-state index contributed by atoms with van der Waals surface area (Å²) in [6.45, 7) is 1.85. The number of carboxylic acids is 1. The van der Waals surface area contributed by atoms with Crippen LogP contribution in [0.3, 0.4) is 0 Å². The van der Waals surface area contributed by atoms with Crippen molar-refractivity contribution in [2.75, 3.05) is 18.6 Å². The molecule has 0 aliphatic carbocycles. The van der Waals surface area contributed by atoms with Gasteiger partial charge in [0, 0.05) is 12.3 Å². The predicted molar refractivity (Wildman–Crippen MR) is 86.0 cm³/mol. The van der Waals surface area contributed by atoms with Crippen LogP contribution in [0.15, 0.2) is 24.3 Å². The largest absolute Gasteiger partial charge is 0.478 e. The molecule has 8 heteroatoms. The van der Waals surface area contributed by atoms with Crippen molar-refractivity contribution in [2.45, 2.75) is 13.0 Å². The highest BCUT2D eigenvalue weighted by molar-refractivity contribution is 7.98. The fraction of sp³-hybridized carbons (Fsp3) is 0.333. The molecule has 0 bridgehead atoms. The van der Waals surface area contributed by atoms with Gasteiger partial charge in [0.15, 0.2) is 6.19 Å². The number of carbonyl (C=O) groups excluding carboxylic acids is 2.